The Morgan fingerprint density at radius 1 is 1.26 bits per heavy atom. The fourth-order valence-corrected chi connectivity index (χ4v) is 3.71. The minimum absolute atomic E-state index is 0.218. The van der Waals surface area contributed by atoms with Crippen molar-refractivity contribution in [1.82, 2.24) is 20.3 Å². The van der Waals surface area contributed by atoms with Crippen molar-refractivity contribution < 1.29 is 9.32 Å². The Kier molecular flexibility index (Phi) is 5.33. The molecule has 128 valence electrons. The van der Waals surface area contributed by atoms with Crippen molar-refractivity contribution in [2.24, 2.45) is 0 Å². The quantitative estimate of drug-likeness (QED) is 0.871. The highest BCUT2D eigenvalue weighted by Gasteiger charge is 2.31. The molecule has 6 heteroatoms. The number of aryl methyl sites for hydroxylation is 2. The zero-order chi connectivity index (χ0) is 16.2. The molecule has 0 saturated carbocycles. The van der Waals surface area contributed by atoms with E-state index < -0.39 is 0 Å². The SMILES string of the molecule is CCc1noc(CC)c1CC(=O)N1CCC(N2CCNCC2)C1. The van der Waals surface area contributed by atoms with E-state index in [1.54, 1.807) is 0 Å². The summed E-state index contributed by atoms with van der Waals surface area (Å²) in [6.07, 6.45) is 3.13. The molecule has 1 amide bonds. The molecule has 1 unspecified atom stereocenters. The molecule has 1 aromatic rings. The van der Waals surface area contributed by atoms with Gasteiger partial charge in [0.15, 0.2) is 0 Å². The van der Waals surface area contributed by atoms with Gasteiger partial charge in [-0.05, 0) is 12.8 Å². The van der Waals surface area contributed by atoms with Crippen LogP contribution in [0.2, 0.25) is 0 Å². The Labute approximate surface area is 138 Å². The number of piperazine rings is 1. The Morgan fingerprint density at radius 3 is 2.74 bits per heavy atom. The smallest absolute Gasteiger partial charge is 0.227 e. The van der Waals surface area contributed by atoms with E-state index in [0.717, 1.165) is 75.5 Å². The molecule has 3 heterocycles. The van der Waals surface area contributed by atoms with Crippen LogP contribution in [0, 0.1) is 0 Å². The fourth-order valence-electron chi connectivity index (χ4n) is 3.71. The second kappa shape index (κ2) is 7.45. The third kappa shape index (κ3) is 3.58. The minimum atomic E-state index is 0.218. The normalized spacial score (nSPS) is 22.7. The first-order chi connectivity index (χ1) is 11.2. The lowest BCUT2D eigenvalue weighted by molar-refractivity contribution is -0.129. The predicted molar refractivity (Wildman–Crippen MR) is 88.4 cm³/mol. The number of likely N-dealkylation sites (tertiary alicyclic amines) is 1. The van der Waals surface area contributed by atoms with E-state index in [0.29, 0.717) is 12.5 Å². The van der Waals surface area contributed by atoms with Gasteiger partial charge in [-0.3, -0.25) is 9.69 Å². The van der Waals surface area contributed by atoms with Crippen LogP contribution in [-0.2, 0) is 24.1 Å². The summed E-state index contributed by atoms with van der Waals surface area (Å²) in [7, 11) is 0. The van der Waals surface area contributed by atoms with Crippen molar-refractivity contribution in [3.05, 3.63) is 17.0 Å². The number of hydrogen-bond acceptors (Lipinski definition) is 5. The van der Waals surface area contributed by atoms with Gasteiger partial charge < -0.3 is 14.7 Å². The molecule has 3 rings (SSSR count). The predicted octanol–water partition coefficient (Wildman–Crippen LogP) is 0.848. The molecular weight excluding hydrogens is 292 g/mol. The number of aromatic nitrogens is 1. The zero-order valence-electron chi connectivity index (χ0n) is 14.3. The second-order valence-electron chi connectivity index (χ2n) is 6.48. The number of carbonyl (C=O) groups excluding carboxylic acids is 1. The molecule has 1 N–H and O–H groups in total. The topological polar surface area (TPSA) is 61.6 Å². The van der Waals surface area contributed by atoms with Gasteiger partial charge in [-0.25, -0.2) is 0 Å². The summed E-state index contributed by atoms with van der Waals surface area (Å²) >= 11 is 0. The zero-order valence-corrected chi connectivity index (χ0v) is 14.3. The molecule has 23 heavy (non-hydrogen) atoms. The van der Waals surface area contributed by atoms with E-state index in [1.165, 1.54) is 0 Å². The molecule has 0 aromatic carbocycles. The first-order valence-electron chi connectivity index (χ1n) is 8.91. The van der Waals surface area contributed by atoms with Gasteiger partial charge in [-0.15, -0.1) is 0 Å². The Morgan fingerprint density at radius 2 is 2.04 bits per heavy atom. The van der Waals surface area contributed by atoms with Gasteiger partial charge in [0.1, 0.15) is 5.76 Å². The van der Waals surface area contributed by atoms with Gasteiger partial charge in [0.05, 0.1) is 12.1 Å². The van der Waals surface area contributed by atoms with Gasteiger partial charge in [0.25, 0.3) is 0 Å². The molecule has 1 atom stereocenters. The van der Waals surface area contributed by atoms with Gasteiger partial charge in [-0.1, -0.05) is 19.0 Å². The van der Waals surface area contributed by atoms with Crippen LogP contribution in [-0.4, -0.2) is 66.2 Å². The van der Waals surface area contributed by atoms with Crippen LogP contribution >= 0.6 is 0 Å². The molecule has 2 aliphatic heterocycles. The molecule has 2 aliphatic rings. The highest BCUT2D eigenvalue weighted by atomic mass is 16.5. The fraction of sp³-hybridized carbons (Fsp3) is 0.765. The van der Waals surface area contributed by atoms with Crippen LogP contribution in [0.5, 0.6) is 0 Å². The number of rotatable bonds is 5. The highest BCUT2D eigenvalue weighted by Crippen LogP contribution is 2.21. The van der Waals surface area contributed by atoms with Crippen molar-refractivity contribution in [3.8, 4) is 0 Å². The summed E-state index contributed by atoms with van der Waals surface area (Å²) in [5.74, 6) is 1.09. The lowest BCUT2D eigenvalue weighted by Crippen LogP contribution is -2.49. The molecule has 6 nitrogen and oxygen atoms in total. The number of nitrogens with one attached hydrogen (secondary N) is 1. The minimum Gasteiger partial charge on any atom is -0.361 e. The second-order valence-corrected chi connectivity index (χ2v) is 6.48. The van der Waals surface area contributed by atoms with Crippen LogP contribution < -0.4 is 5.32 Å². The van der Waals surface area contributed by atoms with Crippen molar-refractivity contribution >= 4 is 5.91 Å². The van der Waals surface area contributed by atoms with Gasteiger partial charge >= 0.3 is 0 Å². The third-order valence-corrected chi connectivity index (χ3v) is 5.12. The number of nitrogens with zero attached hydrogens (tertiary/aromatic N) is 3. The molecule has 2 saturated heterocycles. The molecule has 0 bridgehead atoms. The lowest BCUT2D eigenvalue weighted by Gasteiger charge is -2.32. The monoisotopic (exact) mass is 320 g/mol. The van der Waals surface area contributed by atoms with Gasteiger partial charge in [-0.2, -0.15) is 0 Å². The van der Waals surface area contributed by atoms with E-state index in [4.69, 9.17) is 4.52 Å². The maximum absolute atomic E-state index is 12.7. The maximum atomic E-state index is 12.7. The Balaban J connectivity index is 1.60. The van der Waals surface area contributed by atoms with Crippen LogP contribution in [0.4, 0.5) is 0 Å². The van der Waals surface area contributed by atoms with Gasteiger partial charge in [0.2, 0.25) is 5.91 Å². The van der Waals surface area contributed by atoms with Crippen molar-refractivity contribution in [2.75, 3.05) is 39.3 Å². The Hall–Kier alpha value is -1.40. The third-order valence-electron chi connectivity index (χ3n) is 5.12. The maximum Gasteiger partial charge on any atom is 0.227 e. The van der Waals surface area contributed by atoms with Crippen LogP contribution in [0.15, 0.2) is 4.52 Å². The summed E-state index contributed by atoms with van der Waals surface area (Å²) < 4.78 is 5.38. The molecule has 0 spiro atoms. The van der Waals surface area contributed by atoms with E-state index in [9.17, 15) is 4.79 Å². The number of hydrogen-bond donors (Lipinski definition) is 1. The van der Waals surface area contributed by atoms with Crippen LogP contribution in [0.3, 0.4) is 0 Å². The van der Waals surface area contributed by atoms with E-state index in [2.05, 4.69) is 22.3 Å². The molecular formula is C17H28N4O2. The van der Waals surface area contributed by atoms with E-state index >= 15 is 0 Å². The van der Waals surface area contributed by atoms with Crippen molar-refractivity contribution in [3.63, 3.8) is 0 Å². The first-order valence-corrected chi connectivity index (χ1v) is 8.91. The average molecular weight is 320 g/mol. The van der Waals surface area contributed by atoms with E-state index in [-0.39, 0.29) is 5.91 Å². The first kappa shape index (κ1) is 16.5. The largest absolute Gasteiger partial charge is 0.361 e. The number of carbonyl (C=O) groups is 1. The summed E-state index contributed by atoms with van der Waals surface area (Å²) in [5.41, 5.74) is 1.96. The summed E-state index contributed by atoms with van der Waals surface area (Å²) in [6.45, 7) is 10.2. The van der Waals surface area contributed by atoms with Crippen LogP contribution in [0.25, 0.3) is 0 Å². The average Bonchev–Trinajstić information content (AvgIpc) is 3.22. The lowest BCUT2D eigenvalue weighted by atomic mass is 10.1. The number of amides is 1. The summed E-state index contributed by atoms with van der Waals surface area (Å²) in [4.78, 5) is 17.3. The van der Waals surface area contributed by atoms with Crippen LogP contribution in [0.1, 0.15) is 37.3 Å². The standard InChI is InChI=1S/C17H28N4O2/c1-3-15-14(16(4-2)23-19-15)11-17(22)21-8-5-13(12-21)20-9-6-18-7-10-20/h13,18H,3-12H2,1-2H3. The molecule has 0 radical (unpaired) electrons. The summed E-state index contributed by atoms with van der Waals surface area (Å²) in [5, 5.41) is 7.50. The molecule has 1 aromatic heterocycles. The summed E-state index contributed by atoms with van der Waals surface area (Å²) in [6, 6.07) is 0.528. The van der Waals surface area contributed by atoms with E-state index in [1.807, 2.05) is 11.8 Å². The molecule has 0 aliphatic carbocycles. The van der Waals surface area contributed by atoms with Gasteiger partial charge in [0, 0.05) is 57.3 Å². The Bertz CT molecular complexity index is 515. The van der Waals surface area contributed by atoms with Crippen molar-refractivity contribution in [2.45, 2.75) is 45.6 Å². The van der Waals surface area contributed by atoms with Crippen molar-refractivity contribution in [1.29, 1.82) is 0 Å². The highest BCUT2D eigenvalue weighted by molar-refractivity contribution is 5.79. The molecule has 2 fully saturated rings.